The van der Waals surface area contributed by atoms with Crippen molar-refractivity contribution in [1.82, 2.24) is 24.7 Å². The molecular weight excluding hydrogens is 386 g/mol. The molecular formula is C25H33N5O. The van der Waals surface area contributed by atoms with Crippen molar-refractivity contribution in [2.75, 3.05) is 26.2 Å². The minimum atomic E-state index is 0.311. The van der Waals surface area contributed by atoms with Gasteiger partial charge in [-0.25, -0.2) is 9.97 Å². The van der Waals surface area contributed by atoms with Crippen LogP contribution in [0.5, 0.6) is 0 Å². The standard InChI is InChI=1S/C25H33N5O/c1-17(2)18(3)29-13-24-9-23(29)14-30(24)25(31)15-28-7-6-20-8-19(4-5-21(20)12-28)22-10-26-16-27-11-22/h4-5,8,10-11,16-18,23-24H,6-7,9,12-15H2,1-3H3/t18?,23-,24-/m1/s1. The van der Waals surface area contributed by atoms with Gasteiger partial charge in [0.25, 0.3) is 0 Å². The fourth-order valence-corrected chi connectivity index (χ4v) is 5.54. The van der Waals surface area contributed by atoms with Gasteiger partial charge in [0.15, 0.2) is 0 Å². The van der Waals surface area contributed by atoms with Gasteiger partial charge in [-0.3, -0.25) is 14.6 Å². The van der Waals surface area contributed by atoms with E-state index in [-0.39, 0.29) is 0 Å². The molecule has 2 aromatic rings. The molecule has 2 bridgehead atoms. The summed E-state index contributed by atoms with van der Waals surface area (Å²) in [6, 6.07) is 8.17. The lowest BCUT2D eigenvalue weighted by Crippen LogP contribution is -2.54. The average molecular weight is 420 g/mol. The Kier molecular flexibility index (Phi) is 5.52. The van der Waals surface area contributed by atoms with Gasteiger partial charge < -0.3 is 4.90 Å². The highest BCUT2D eigenvalue weighted by atomic mass is 16.2. The first-order valence-electron chi connectivity index (χ1n) is 11.6. The number of carbonyl (C=O) groups is 1. The zero-order valence-corrected chi connectivity index (χ0v) is 18.9. The summed E-state index contributed by atoms with van der Waals surface area (Å²) in [6.45, 7) is 11.2. The molecule has 1 unspecified atom stereocenters. The van der Waals surface area contributed by atoms with E-state index >= 15 is 0 Å². The fraction of sp³-hybridized carbons (Fsp3) is 0.560. The number of hydrogen-bond donors (Lipinski definition) is 0. The Morgan fingerprint density at radius 2 is 1.87 bits per heavy atom. The van der Waals surface area contributed by atoms with Gasteiger partial charge in [0.2, 0.25) is 5.91 Å². The van der Waals surface area contributed by atoms with E-state index in [0.29, 0.717) is 36.5 Å². The van der Waals surface area contributed by atoms with E-state index in [9.17, 15) is 4.79 Å². The second kappa shape index (κ2) is 8.32. The van der Waals surface area contributed by atoms with Crippen LogP contribution >= 0.6 is 0 Å². The SMILES string of the molecule is CC(C)C(C)N1C[C@H]2C[C@@H]1CN2C(=O)CN1CCc2cc(-c3cncnc3)ccc2C1. The summed E-state index contributed by atoms with van der Waals surface area (Å²) in [4.78, 5) is 28.5. The van der Waals surface area contributed by atoms with Crippen LogP contribution in [0.1, 0.15) is 38.3 Å². The molecule has 3 atom stereocenters. The van der Waals surface area contributed by atoms with Gasteiger partial charge in [-0.15, -0.1) is 0 Å². The molecule has 164 valence electrons. The van der Waals surface area contributed by atoms with Crippen LogP contribution < -0.4 is 0 Å². The van der Waals surface area contributed by atoms with Gasteiger partial charge in [0, 0.05) is 62.3 Å². The first kappa shape index (κ1) is 20.6. The van der Waals surface area contributed by atoms with Crippen LogP contribution in [-0.4, -0.2) is 74.9 Å². The summed E-state index contributed by atoms with van der Waals surface area (Å²) in [5.41, 5.74) is 4.92. The maximum Gasteiger partial charge on any atom is 0.237 e. The third-order valence-corrected chi connectivity index (χ3v) is 7.64. The summed E-state index contributed by atoms with van der Waals surface area (Å²) in [6.07, 6.45) is 7.41. The molecule has 31 heavy (non-hydrogen) atoms. The van der Waals surface area contributed by atoms with E-state index in [2.05, 4.69) is 63.6 Å². The first-order chi connectivity index (χ1) is 15.0. The van der Waals surface area contributed by atoms with Crippen LogP contribution in [0.4, 0.5) is 0 Å². The van der Waals surface area contributed by atoms with E-state index in [0.717, 1.165) is 50.1 Å². The zero-order valence-electron chi connectivity index (χ0n) is 18.9. The summed E-state index contributed by atoms with van der Waals surface area (Å²) in [7, 11) is 0. The van der Waals surface area contributed by atoms with Crippen LogP contribution in [0, 0.1) is 5.92 Å². The average Bonchev–Trinajstić information content (AvgIpc) is 3.40. The summed E-state index contributed by atoms with van der Waals surface area (Å²) in [5, 5.41) is 0. The molecule has 3 aliphatic heterocycles. The molecule has 0 radical (unpaired) electrons. The van der Waals surface area contributed by atoms with Gasteiger partial charge in [-0.05, 0) is 42.4 Å². The Labute approximate surface area is 185 Å². The van der Waals surface area contributed by atoms with Crippen molar-refractivity contribution >= 4 is 5.91 Å². The third-order valence-electron chi connectivity index (χ3n) is 7.64. The molecule has 1 aromatic heterocycles. The van der Waals surface area contributed by atoms with E-state index < -0.39 is 0 Å². The van der Waals surface area contributed by atoms with Crippen LogP contribution in [0.3, 0.4) is 0 Å². The molecule has 3 aliphatic rings. The number of nitrogens with zero attached hydrogens (tertiary/aromatic N) is 5. The number of carbonyl (C=O) groups excluding carboxylic acids is 1. The van der Waals surface area contributed by atoms with Gasteiger partial charge in [-0.2, -0.15) is 0 Å². The molecule has 1 aromatic carbocycles. The fourth-order valence-electron chi connectivity index (χ4n) is 5.54. The predicted molar refractivity (Wildman–Crippen MR) is 121 cm³/mol. The molecule has 6 heteroatoms. The summed E-state index contributed by atoms with van der Waals surface area (Å²) < 4.78 is 0. The van der Waals surface area contributed by atoms with Crippen LogP contribution in [0.15, 0.2) is 36.9 Å². The Morgan fingerprint density at radius 3 is 2.58 bits per heavy atom. The second-order valence-electron chi connectivity index (χ2n) is 9.84. The Hall–Kier alpha value is -2.31. The number of rotatable bonds is 5. The van der Waals surface area contributed by atoms with Crippen molar-refractivity contribution in [3.05, 3.63) is 48.0 Å². The normalized spacial score (nSPS) is 24.6. The number of aromatic nitrogens is 2. The minimum absolute atomic E-state index is 0.311. The number of fused-ring (bicyclic) bond motifs is 3. The number of likely N-dealkylation sites (tertiary alicyclic amines) is 2. The molecule has 5 rings (SSSR count). The van der Waals surface area contributed by atoms with Crippen LogP contribution in [-0.2, 0) is 17.8 Å². The van der Waals surface area contributed by atoms with E-state index in [1.807, 2.05) is 12.4 Å². The van der Waals surface area contributed by atoms with Crippen LogP contribution in [0.25, 0.3) is 11.1 Å². The van der Waals surface area contributed by atoms with E-state index in [1.54, 1.807) is 6.33 Å². The Balaban J connectivity index is 1.19. The molecule has 6 nitrogen and oxygen atoms in total. The Bertz CT molecular complexity index is 946. The van der Waals surface area contributed by atoms with Crippen molar-refractivity contribution < 1.29 is 4.79 Å². The quantitative estimate of drug-likeness (QED) is 0.746. The molecule has 0 spiro atoms. The molecule has 2 fully saturated rings. The van der Waals surface area contributed by atoms with Gasteiger partial charge >= 0.3 is 0 Å². The summed E-state index contributed by atoms with van der Waals surface area (Å²) >= 11 is 0. The first-order valence-corrected chi connectivity index (χ1v) is 11.6. The molecule has 1 amide bonds. The lowest BCUT2D eigenvalue weighted by atomic mass is 9.95. The Morgan fingerprint density at radius 1 is 1.06 bits per heavy atom. The van der Waals surface area contributed by atoms with Crippen molar-refractivity contribution in [2.24, 2.45) is 5.92 Å². The van der Waals surface area contributed by atoms with Crippen LogP contribution in [0.2, 0.25) is 0 Å². The van der Waals surface area contributed by atoms with Crippen molar-refractivity contribution in [1.29, 1.82) is 0 Å². The largest absolute Gasteiger partial charge is 0.336 e. The molecule has 4 heterocycles. The number of benzene rings is 1. The van der Waals surface area contributed by atoms with Gasteiger partial charge in [0.1, 0.15) is 6.33 Å². The molecule has 0 aliphatic carbocycles. The van der Waals surface area contributed by atoms with Crippen molar-refractivity contribution in [3.63, 3.8) is 0 Å². The highest BCUT2D eigenvalue weighted by molar-refractivity contribution is 5.79. The molecule has 0 saturated carbocycles. The molecule has 0 N–H and O–H groups in total. The maximum atomic E-state index is 13.1. The van der Waals surface area contributed by atoms with E-state index in [1.165, 1.54) is 11.1 Å². The third kappa shape index (κ3) is 3.99. The minimum Gasteiger partial charge on any atom is -0.336 e. The highest BCUT2D eigenvalue weighted by Crippen LogP contribution is 2.34. The molecule has 2 saturated heterocycles. The number of hydrogen-bond acceptors (Lipinski definition) is 5. The lowest BCUT2D eigenvalue weighted by Gasteiger charge is -2.40. The maximum absolute atomic E-state index is 13.1. The smallest absolute Gasteiger partial charge is 0.237 e. The number of piperazine rings is 1. The van der Waals surface area contributed by atoms with Gasteiger partial charge in [-0.1, -0.05) is 32.0 Å². The monoisotopic (exact) mass is 419 g/mol. The predicted octanol–water partition coefficient (Wildman–Crippen LogP) is 2.83. The van der Waals surface area contributed by atoms with Crippen molar-refractivity contribution in [2.45, 2.75) is 58.3 Å². The van der Waals surface area contributed by atoms with Gasteiger partial charge in [0.05, 0.1) is 6.54 Å². The van der Waals surface area contributed by atoms with Crippen molar-refractivity contribution in [3.8, 4) is 11.1 Å². The summed E-state index contributed by atoms with van der Waals surface area (Å²) in [5.74, 6) is 0.970. The zero-order chi connectivity index (χ0) is 21.5. The topological polar surface area (TPSA) is 52.6 Å². The highest BCUT2D eigenvalue weighted by Gasteiger charge is 2.46. The van der Waals surface area contributed by atoms with E-state index in [4.69, 9.17) is 0 Å². The lowest BCUT2D eigenvalue weighted by molar-refractivity contribution is -0.135. The number of amides is 1. The second-order valence-corrected chi connectivity index (χ2v) is 9.84.